The number of halogens is 1. The minimum absolute atomic E-state index is 0.159. The Bertz CT molecular complexity index is 609. The highest BCUT2D eigenvalue weighted by atomic mass is 35.5. The number of benzene rings is 1. The lowest BCUT2D eigenvalue weighted by molar-refractivity contribution is -0.116. The van der Waals surface area contributed by atoms with E-state index in [4.69, 9.17) is 17.3 Å². The number of nitrogens with zero attached hydrogens (tertiary/aromatic N) is 2. The number of hydrogen-bond acceptors (Lipinski definition) is 3. The van der Waals surface area contributed by atoms with Crippen molar-refractivity contribution in [1.82, 2.24) is 9.55 Å². The van der Waals surface area contributed by atoms with Crippen molar-refractivity contribution in [3.05, 3.63) is 41.4 Å². The number of nitrogen functional groups attached to an aromatic ring is 1. The van der Waals surface area contributed by atoms with Crippen LogP contribution in [0, 0.1) is 0 Å². The fraction of sp³-hybridized carbons (Fsp3) is 0.286. The Balaban J connectivity index is 2.05. The van der Waals surface area contributed by atoms with Gasteiger partial charge in [-0.2, -0.15) is 0 Å². The first-order valence-electron chi connectivity index (χ1n) is 6.45. The van der Waals surface area contributed by atoms with Gasteiger partial charge in [-0.1, -0.05) is 18.5 Å². The summed E-state index contributed by atoms with van der Waals surface area (Å²) in [5, 5.41) is 3.22. The van der Waals surface area contributed by atoms with Gasteiger partial charge in [-0.05, 0) is 24.6 Å². The van der Waals surface area contributed by atoms with Crippen molar-refractivity contribution >= 4 is 28.9 Å². The molecule has 1 aromatic carbocycles. The highest BCUT2D eigenvalue weighted by Gasteiger charge is 2.09. The van der Waals surface area contributed by atoms with E-state index in [0.717, 1.165) is 18.7 Å². The van der Waals surface area contributed by atoms with Crippen LogP contribution in [0.15, 0.2) is 30.6 Å². The Morgan fingerprint density at radius 2 is 2.30 bits per heavy atom. The van der Waals surface area contributed by atoms with Gasteiger partial charge < -0.3 is 15.6 Å². The van der Waals surface area contributed by atoms with Gasteiger partial charge in [-0.3, -0.25) is 4.79 Å². The quantitative estimate of drug-likeness (QED) is 0.832. The summed E-state index contributed by atoms with van der Waals surface area (Å²) in [6.07, 6.45) is 5.33. The summed E-state index contributed by atoms with van der Waals surface area (Å²) < 4.78 is 1.83. The van der Waals surface area contributed by atoms with Crippen LogP contribution in [0.3, 0.4) is 0 Å². The van der Waals surface area contributed by atoms with Crippen LogP contribution in [0.4, 0.5) is 11.4 Å². The molecule has 0 aliphatic heterocycles. The number of hydrogen-bond donors (Lipinski definition) is 2. The molecule has 0 spiro atoms. The van der Waals surface area contributed by atoms with Crippen LogP contribution >= 0.6 is 11.6 Å². The minimum atomic E-state index is -0.159. The van der Waals surface area contributed by atoms with Crippen LogP contribution < -0.4 is 11.1 Å². The SMILES string of the molecule is CCCc1nccn1CC(=O)Nc1cc(N)ccc1Cl. The molecule has 1 heterocycles. The van der Waals surface area contributed by atoms with Crippen LogP contribution in [-0.4, -0.2) is 15.5 Å². The number of carbonyl (C=O) groups is 1. The molecular weight excluding hydrogens is 276 g/mol. The van der Waals surface area contributed by atoms with Gasteiger partial charge in [-0.25, -0.2) is 4.98 Å². The minimum Gasteiger partial charge on any atom is -0.399 e. The molecule has 2 rings (SSSR count). The molecule has 3 N–H and O–H groups in total. The molecule has 0 saturated carbocycles. The van der Waals surface area contributed by atoms with E-state index in [1.165, 1.54) is 0 Å². The summed E-state index contributed by atoms with van der Waals surface area (Å²) in [7, 11) is 0. The molecule has 0 radical (unpaired) electrons. The third kappa shape index (κ3) is 3.51. The number of imidazole rings is 1. The largest absolute Gasteiger partial charge is 0.399 e. The first-order valence-corrected chi connectivity index (χ1v) is 6.83. The smallest absolute Gasteiger partial charge is 0.244 e. The lowest BCUT2D eigenvalue weighted by Gasteiger charge is -2.10. The van der Waals surface area contributed by atoms with E-state index in [1.807, 2.05) is 4.57 Å². The standard InChI is InChI=1S/C14H17ClN4O/c1-2-3-13-17-6-7-19(13)9-14(20)18-12-8-10(16)4-5-11(12)15/h4-8H,2-3,9,16H2,1H3,(H,18,20). The molecule has 0 fully saturated rings. The van der Waals surface area contributed by atoms with E-state index in [2.05, 4.69) is 17.2 Å². The second-order valence-corrected chi connectivity index (χ2v) is 4.92. The van der Waals surface area contributed by atoms with Crippen LogP contribution in [0.25, 0.3) is 0 Å². The first-order chi connectivity index (χ1) is 9.60. The van der Waals surface area contributed by atoms with Gasteiger partial charge in [0.2, 0.25) is 5.91 Å². The number of carbonyl (C=O) groups excluding carboxylic acids is 1. The third-order valence-corrected chi connectivity index (χ3v) is 3.18. The van der Waals surface area contributed by atoms with E-state index in [1.54, 1.807) is 30.6 Å². The molecule has 2 aromatic rings. The van der Waals surface area contributed by atoms with E-state index in [0.29, 0.717) is 16.4 Å². The molecule has 0 atom stereocenters. The molecule has 0 saturated heterocycles. The molecule has 1 aromatic heterocycles. The first kappa shape index (κ1) is 14.4. The lowest BCUT2D eigenvalue weighted by Crippen LogP contribution is -2.20. The number of aromatic nitrogens is 2. The summed E-state index contributed by atoms with van der Waals surface area (Å²) in [6, 6.07) is 4.99. The molecule has 6 heteroatoms. The highest BCUT2D eigenvalue weighted by molar-refractivity contribution is 6.33. The van der Waals surface area contributed by atoms with Crippen molar-refractivity contribution in [1.29, 1.82) is 0 Å². The molecule has 106 valence electrons. The fourth-order valence-corrected chi connectivity index (χ4v) is 2.08. The van der Waals surface area contributed by atoms with Gasteiger partial charge in [0.1, 0.15) is 12.4 Å². The monoisotopic (exact) mass is 292 g/mol. The number of rotatable bonds is 5. The molecule has 20 heavy (non-hydrogen) atoms. The average molecular weight is 293 g/mol. The van der Waals surface area contributed by atoms with Gasteiger partial charge in [0, 0.05) is 24.5 Å². The summed E-state index contributed by atoms with van der Waals surface area (Å²) in [5.41, 5.74) is 6.75. The summed E-state index contributed by atoms with van der Waals surface area (Å²) >= 11 is 6.01. The third-order valence-electron chi connectivity index (χ3n) is 2.85. The molecule has 0 unspecified atom stereocenters. The zero-order valence-electron chi connectivity index (χ0n) is 11.3. The van der Waals surface area contributed by atoms with E-state index < -0.39 is 0 Å². The zero-order valence-corrected chi connectivity index (χ0v) is 12.0. The van der Waals surface area contributed by atoms with Crippen molar-refractivity contribution in [2.45, 2.75) is 26.3 Å². The predicted octanol–water partition coefficient (Wildman–Crippen LogP) is 2.71. The molecular formula is C14H17ClN4O. The van der Waals surface area contributed by atoms with Crippen LogP contribution in [0.5, 0.6) is 0 Å². The molecule has 0 aliphatic carbocycles. The Kier molecular flexibility index (Phi) is 4.63. The Morgan fingerprint density at radius 3 is 3.05 bits per heavy atom. The summed E-state index contributed by atoms with van der Waals surface area (Å²) in [4.78, 5) is 16.3. The lowest BCUT2D eigenvalue weighted by atomic mass is 10.3. The molecule has 0 bridgehead atoms. The van der Waals surface area contributed by atoms with Crippen molar-refractivity contribution in [3.8, 4) is 0 Å². The van der Waals surface area contributed by atoms with Crippen LogP contribution in [0.2, 0.25) is 5.02 Å². The van der Waals surface area contributed by atoms with E-state index >= 15 is 0 Å². The molecule has 1 amide bonds. The highest BCUT2D eigenvalue weighted by Crippen LogP contribution is 2.24. The second kappa shape index (κ2) is 6.43. The molecule has 0 aliphatic rings. The van der Waals surface area contributed by atoms with Crippen molar-refractivity contribution in [2.75, 3.05) is 11.1 Å². The number of nitrogens with one attached hydrogen (secondary N) is 1. The Morgan fingerprint density at radius 1 is 1.50 bits per heavy atom. The summed E-state index contributed by atoms with van der Waals surface area (Å²) in [6.45, 7) is 2.28. The van der Waals surface area contributed by atoms with Gasteiger partial charge in [-0.15, -0.1) is 0 Å². The van der Waals surface area contributed by atoms with Gasteiger partial charge >= 0.3 is 0 Å². The maximum absolute atomic E-state index is 12.0. The maximum Gasteiger partial charge on any atom is 0.244 e. The average Bonchev–Trinajstić information content (AvgIpc) is 2.82. The van der Waals surface area contributed by atoms with E-state index in [-0.39, 0.29) is 12.5 Å². The number of amides is 1. The number of nitrogens with two attached hydrogens (primary N) is 1. The van der Waals surface area contributed by atoms with Crippen LogP contribution in [0.1, 0.15) is 19.2 Å². The normalized spacial score (nSPS) is 10.5. The number of aryl methyl sites for hydroxylation is 1. The Hall–Kier alpha value is -2.01. The van der Waals surface area contributed by atoms with Crippen molar-refractivity contribution in [3.63, 3.8) is 0 Å². The topological polar surface area (TPSA) is 72.9 Å². The van der Waals surface area contributed by atoms with E-state index in [9.17, 15) is 4.79 Å². The van der Waals surface area contributed by atoms with Gasteiger partial charge in [0.05, 0.1) is 10.7 Å². The van der Waals surface area contributed by atoms with Gasteiger partial charge in [0.15, 0.2) is 0 Å². The van der Waals surface area contributed by atoms with Crippen LogP contribution in [-0.2, 0) is 17.8 Å². The fourth-order valence-electron chi connectivity index (χ4n) is 1.92. The molecule has 5 nitrogen and oxygen atoms in total. The Labute approximate surface area is 122 Å². The second-order valence-electron chi connectivity index (χ2n) is 4.51. The van der Waals surface area contributed by atoms with Crippen molar-refractivity contribution in [2.24, 2.45) is 0 Å². The van der Waals surface area contributed by atoms with Crippen molar-refractivity contribution < 1.29 is 4.79 Å². The van der Waals surface area contributed by atoms with Gasteiger partial charge in [0.25, 0.3) is 0 Å². The zero-order chi connectivity index (χ0) is 14.5. The maximum atomic E-state index is 12.0. The predicted molar refractivity (Wildman–Crippen MR) is 80.7 cm³/mol. The summed E-state index contributed by atoms with van der Waals surface area (Å²) in [5.74, 6) is 0.745. The number of anilines is 2.